The van der Waals surface area contributed by atoms with E-state index < -0.39 is 0 Å². The molecule has 21 heavy (non-hydrogen) atoms. The number of urea groups is 1. The van der Waals surface area contributed by atoms with Gasteiger partial charge in [-0.25, -0.2) is 4.79 Å². The number of nitrogens with zero attached hydrogens (tertiary/aromatic N) is 1. The molecule has 0 aliphatic heterocycles. The molecule has 0 aliphatic rings. The van der Waals surface area contributed by atoms with Gasteiger partial charge >= 0.3 is 6.03 Å². The lowest BCUT2D eigenvalue weighted by Gasteiger charge is -2.15. The van der Waals surface area contributed by atoms with Crippen LogP contribution in [0.1, 0.15) is 10.4 Å². The van der Waals surface area contributed by atoms with Crippen molar-refractivity contribution in [2.24, 2.45) is 0 Å². The number of rotatable bonds is 3. The van der Waals surface area contributed by atoms with Crippen molar-refractivity contribution in [1.82, 2.24) is 4.90 Å². The summed E-state index contributed by atoms with van der Waals surface area (Å²) in [6.45, 7) is 0. The van der Waals surface area contributed by atoms with Crippen molar-refractivity contribution in [3.63, 3.8) is 0 Å². The Labute approximate surface area is 123 Å². The van der Waals surface area contributed by atoms with E-state index in [9.17, 15) is 9.59 Å². The number of amides is 3. The van der Waals surface area contributed by atoms with Gasteiger partial charge in [-0.3, -0.25) is 4.79 Å². The van der Waals surface area contributed by atoms with Crippen LogP contribution in [0, 0.1) is 0 Å². The van der Waals surface area contributed by atoms with Crippen LogP contribution >= 0.6 is 0 Å². The minimum atomic E-state index is -0.389. The number of hydrogen-bond acceptors (Lipinski definition) is 2. The molecule has 2 rings (SSSR count). The van der Waals surface area contributed by atoms with Crippen LogP contribution in [0.15, 0.2) is 54.6 Å². The quantitative estimate of drug-likeness (QED) is 0.909. The van der Waals surface area contributed by atoms with Crippen LogP contribution in [0.4, 0.5) is 16.2 Å². The number of carbonyl (C=O) groups is 2. The average molecular weight is 283 g/mol. The molecule has 0 heterocycles. The van der Waals surface area contributed by atoms with Gasteiger partial charge in [-0.2, -0.15) is 0 Å². The second-order valence-corrected chi connectivity index (χ2v) is 4.69. The molecule has 5 heteroatoms. The lowest BCUT2D eigenvalue weighted by atomic mass is 10.1. The zero-order chi connectivity index (χ0) is 15.2. The predicted molar refractivity (Wildman–Crippen MR) is 83.5 cm³/mol. The fourth-order valence-corrected chi connectivity index (χ4v) is 1.83. The maximum absolute atomic E-state index is 12.1. The lowest BCUT2D eigenvalue weighted by Crippen LogP contribution is -2.25. The Balaban J connectivity index is 2.13. The molecule has 0 fully saturated rings. The van der Waals surface area contributed by atoms with Gasteiger partial charge in [0.05, 0.1) is 11.3 Å². The van der Waals surface area contributed by atoms with E-state index in [1.807, 2.05) is 18.2 Å². The number of carbonyl (C=O) groups excluding carboxylic acids is 2. The molecule has 0 saturated heterocycles. The Hall–Kier alpha value is -2.82. The highest BCUT2D eigenvalue weighted by atomic mass is 16.2. The fourth-order valence-electron chi connectivity index (χ4n) is 1.83. The standard InChI is InChI=1S/C16H17N3O2/c1-19(2)15(20)13-10-6-7-11-14(13)18-16(21)17-12-8-4-3-5-9-12/h3-11H,1-2H3,(H2,17,18,21). The van der Waals surface area contributed by atoms with Crippen LogP contribution in [-0.4, -0.2) is 30.9 Å². The van der Waals surface area contributed by atoms with Gasteiger partial charge in [-0.1, -0.05) is 30.3 Å². The van der Waals surface area contributed by atoms with Crippen molar-refractivity contribution in [3.05, 3.63) is 60.2 Å². The van der Waals surface area contributed by atoms with Crippen LogP contribution in [0.5, 0.6) is 0 Å². The van der Waals surface area contributed by atoms with E-state index in [2.05, 4.69) is 10.6 Å². The Morgan fingerprint density at radius 1 is 0.857 bits per heavy atom. The molecule has 0 aliphatic carbocycles. The Morgan fingerprint density at radius 3 is 2.14 bits per heavy atom. The Morgan fingerprint density at radius 2 is 1.48 bits per heavy atom. The molecule has 2 aromatic carbocycles. The first-order chi connectivity index (χ1) is 10.1. The van der Waals surface area contributed by atoms with Gasteiger partial charge in [0, 0.05) is 19.8 Å². The monoisotopic (exact) mass is 283 g/mol. The van der Waals surface area contributed by atoms with Crippen molar-refractivity contribution >= 4 is 23.3 Å². The maximum Gasteiger partial charge on any atom is 0.323 e. The summed E-state index contributed by atoms with van der Waals surface area (Å²) in [4.78, 5) is 25.5. The Bertz CT molecular complexity index is 639. The molecular formula is C16H17N3O2. The van der Waals surface area contributed by atoms with Gasteiger partial charge in [0.15, 0.2) is 0 Å². The minimum Gasteiger partial charge on any atom is -0.345 e. The van der Waals surface area contributed by atoms with Gasteiger partial charge in [0.25, 0.3) is 5.91 Å². The van der Waals surface area contributed by atoms with Crippen LogP contribution in [0.25, 0.3) is 0 Å². The third kappa shape index (κ3) is 3.82. The first-order valence-electron chi connectivity index (χ1n) is 6.51. The number of para-hydroxylation sites is 2. The van der Waals surface area contributed by atoms with Gasteiger partial charge in [0.1, 0.15) is 0 Å². The van der Waals surface area contributed by atoms with Crippen LogP contribution in [-0.2, 0) is 0 Å². The largest absolute Gasteiger partial charge is 0.345 e. The molecule has 0 saturated carbocycles. The van der Waals surface area contributed by atoms with Crippen LogP contribution in [0.3, 0.4) is 0 Å². The van der Waals surface area contributed by atoms with E-state index in [4.69, 9.17) is 0 Å². The summed E-state index contributed by atoms with van der Waals surface area (Å²) in [6, 6.07) is 15.6. The summed E-state index contributed by atoms with van der Waals surface area (Å²) in [5.74, 6) is -0.161. The molecule has 3 amide bonds. The molecule has 5 nitrogen and oxygen atoms in total. The summed E-state index contributed by atoms with van der Waals surface area (Å²) >= 11 is 0. The predicted octanol–water partition coefficient (Wildman–Crippen LogP) is 3.03. The van der Waals surface area contributed by atoms with Crippen molar-refractivity contribution in [2.45, 2.75) is 0 Å². The smallest absolute Gasteiger partial charge is 0.323 e. The molecule has 0 aromatic heterocycles. The SMILES string of the molecule is CN(C)C(=O)c1ccccc1NC(=O)Nc1ccccc1. The number of anilines is 2. The molecule has 0 spiro atoms. The minimum absolute atomic E-state index is 0.161. The van der Waals surface area contributed by atoms with Crippen molar-refractivity contribution in [1.29, 1.82) is 0 Å². The van der Waals surface area contributed by atoms with E-state index in [1.54, 1.807) is 50.5 Å². The van der Waals surface area contributed by atoms with Crippen molar-refractivity contribution < 1.29 is 9.59 Å². The van der Waals surface area contributed by atoms with Gasteiger partial charge < -0.3 is 15.5 Å². The lowest BCUT2D eigenvalue weighted by molar-refractivity contribution is 0.0828. The number of nitrogens with one attached hydrogen (secondary N) is 2. The maximum atomic E-state index is 12.1. The molecule has 0 unspecified atom stereocenters. The van der Waals surface area contributed by atoms with E-state index in [0.717, 1.165) is 0 Å². The summed E-state index contributed by atoms with van der Waals surface area (Å²) in [6.07, 6.45) is 0. The normalized spacial score (nSPS) is 9.81. The van der Waals surface area contributed by atoms with Gasteiger partial charge in [0.2, 0.25) is 0 Å². The number of benzene rings is 2. The molecule has 108 valence electrons. The molecule has 2 N–H and O–H groups in total. The summed E-state index contributed by atoms with van der Waals surface area (Å²) in [7, 11) is 3.34. The second kappa shape index (κ2) is 6.56. The van der Waals surface area contributed by atoms with Crippen molar-refractivity contribution in [2.75, 3.05) is 24.7 Å². The highest BCUT2D eigenvalue weighted by Gasteiger charge is 2.14. The first kappa shape index (κ1) is 14.6. The zero-order valence-corrected chi connectivity index (χ0v) is 12.0. The topological polar surface area (TPSA) is 61.4 Å². The summed E-state index contributed by atoms with van der Waals surface area (Å²) in [5.41, 5.74) is 1.61. The highest BCUT2D eigenvalue weighted by Crippen LogP contribution is 2.17. The van der Waals surface area contributed by atoms with E-state index in [0.29, 0.717) is 16.9 Å². The molecular weight excluding hydrogens is 266 g/mol. The average Bonchev–Trinajstić information content (AvgIpc) is 2.48. The van der Waals surface area contributed by atoms with E-state index in [1.165, 1.54) is 4.90 Å². The highest BCUT2D eigenvalue weighted by molar-refractivity contribution is 6.06. The summed E-state index contributed by atoms with van der Waals surface area (Å²) < 4.78 is 0. The molecule has 0 radical (unpaired) electrons. The third-order valence-corrected chi connectivity index (χ3v) is 2.84. The molecule has 2 aromatic rings. The first-order valence-corrected chi connectivity index (χ1v) is 6.51. The van der Waals surface area contributed by atoms with Crippen molar-refractivity contribution in [3.8, 4) is 0 Å². The molecule has 0 atom stereocenters. The molecule has 0 bridgehead atoms. The Kier molecular flexibility index (Phi) is 4.56. The second-order valence-electron chi connectivity index (χ2n) is 4.69. The van der Waals surface area contributed by atoms with Crippen LogP contribution < -0.4 is 10.6 Å². The van der Waals surface area contributed by atoms with Gasteiger partial charge in [-0.15, -0.1) is 0 Å². The zero-order valence-electron chi connectivity index (χ0n) is 12.0. The summed E-state index contributed by atoms with van der Waals surface area (Å²) in [5, 5.41) is 5.41. The van der Waals surface area contributed by atoms with E-state index in [-0.39, 0.29) is 11.9 Å². The van der Waals surface area contributed by atoms with Crippen LogP contribution in [0.2, 0.25) is 0 Å². The van der Waals surface area contributed by atoms with Gasteiger partial charge in [-0.05, 0) is 24.3 Å². The van der Waals surface area contributed by atoms with E-state index >= 15 is 0 Å². The third-order valence-electron chi connectivity index (χ3n) is 2.84. The number of hydrogen-bond donors (Lipinski definition) is 2. The fraction of sp³-hybridized carbons (Fsp3) is 0.125.